The maximum Gasteiger partial charge on any atom is 0.338 e. The quantitative estimate of drug-likeness (QED) is 0.268. The Morgan fingerprint density at radius 1 is 1.45 bits per heavy atom. The summed E-state index contributed by atoms with van der Waals surface area (Å²) in [4.78, 5) is 22.1. The number of ether oxygens (including phenoxy) is 2. The number of carbonyl (C=O) groups excluding carboxylic acids is 1. The van der Waals surface area contributed by atoms with Crippen molar-refractivity contribution in [3.8, 4) is 5.75 Å². The van der Waals surface area contributed by atoms with Gasteiger partial charge in [-0.2, -0.15) is 0 Å². The van der Waals surface area contributed by atoms with Gasteiger partial charge < -0.3 is 14.8 Å². The predicted molar refractivity (Wildman–Crippen MR) is 77.9 cm³/mol. The Bertz CT molecular complexity index is 507. The van der Waals surface area contributed by atoms with E-state index >= 15 is 0 Å². The number of anilines is 1. The molecule has 0 aliphatic rings. The van der Waals surface area contributed by atoms with Gasteiger partial charge in [-0.1, -0.05) is 15.9 Å². The highest BCUT2D eigenvalue weighted by Gasteiger charge is 2.23. The molecule has 1 rings (SSSR count). The Balaban J connectivity index is 3.25. The molecule has 0 radical (unpaired) electrons. The molecule has 0 saturated heterocycles. The molecule has 0 fully saturated rings. The molecule has 1 N–H and O–H groups in total. The number of rotatable bonds is 7. The number of nitro benzene ring substituents is 1. The second-order valence-corrected chi connectivity index (χ2v) is 4.58. The van der Waals surface area contributed by atoms with E-state index in [9.17, 15) is 14.9 Å². The number of hydrogen-bond donors (Lipinski definition) is 1. The van der Waals surface area contributed by atoms with Gasteiger partial charge in [-0.15, -0.1) is 0 Å². The van der Waals surface area contributed by atoms with E-state index in [1.54, 1.807) is 0 Å². The minimum absolute atomic E-state index is 0.0714. The van der Waals surface area contributed by atoms with Crippen LogP contribution in [0.4, 0.5) is 11.4 Å². The Hall–Kier alpha value is -1.83. The molecule has 0 aliphatic carbocycles. The molecule has 0 saturated carbocycles. The Kier molecular flexibility index (Phi) is 6.23. The zero-order valence-corrected chi connectivity index (χ0v) is 12.7. The maximum atomic E-state index is 11.5. The monoisotopic (exact) mass is 346 g/mol. The molecule has 0 spiro atoms. The first kappa shape index (κ1) is 16.2. The highest BCUT2D eigenvalue weighted by atomic mass is 79.9. The Labute approximate surface area is 124 Å². The number of nitrogens with zero attached hydrogens (tertiary/aromatic N) is 1. The van der Waals surface area contributed by atoms with Crippen molar-refractivity contribution in [2.24, 2.45) is 0 Å². The molecule has 1 aromatic carbocycles. The summed E-state index contributed by atoms with van der Waals surface area (Å²) in [7, 11) is 2.60. The summed E-state index contributed by atoms with van der Waals surface area (Å²) in [6.45, 7) is 0.542. The number of nitro groups is 1. The van der Waals surface area contributed by atoms with E-state index in [1.807, 2.05) is 0 Å². The number of esters is 1. The van der Waals surface area contributed by atoms with Crippen molar-refractivity contribution < 1.29 is 19.2 Å². The summed E-state index contributed by atoms with van der Waals surface area (Å²) >= 11 is 3.28. The van der Waals surface area contributed by atoms with E-state index in [4.69, 9.17) is 4.74 Å². The Morgan fingerprint density at radius 2 is 2.15 bits per heavy atom. The molecule has 0 aromatic heterocycles. The molecule has 0 heterocycles. The number of carbonyl (C=O) groups is 1. The van der Waals surface area contributed by atoms with Crippen molar-refractivity contribution in [2.75, 3.05) is 31.4 Å². The van der Waals surface area contributed by atoms with Crippen molar-refractivity contribution in [1.82, 2.24) is 0 Å². The van der Waals surface area contributed by atoms with Gasteiger partial charge in [0.15, 0.2) is 5.69 Å². The molecule has 0 aliphatic heterocycles. The van der Waals surface area contributed by atoms with Crippen LogP contribution in [0.2, 0.25) is 0 Å². The topological polar surface area (TPSA) is 90.7 Å². The number of hydrogen-bond acceptors (Lipinski definition) is 6. The SMILES string of the molecule is COC(=O)c1cc(OC)c(NCCCBr)c([N+](=O)[O-])c1. The summed E-state index contributed by atoms with van der Waals surface area (Å²) < 4.78 is 9.68. The zero-order chi connectivity index (χ0) is 15.1. The summed E-state index contributed by atoms with van der Waals surface area (Å²) in [6.07, 6.45) is 0.791. The average Bonchev–Trinajstić information content (AvgIpc) is 2.46. The lowest BCUT2D eigenvalue weighted by atomic mass is 10.1. The van der Waals surface area contributed by atoms with Crippen LogP contribution >= 0.6 is 15.9 Å². The molecule has 0 unspecified atom stereocenters. The van der Waals surface area contributed by atoms with Crippen LogP contribution in [-0.4, -0.2) is 37.0 Å². The normalized spacial score (nSPS) is 9.95. The number of benzene rings is 1. The molecular weight excluding hydrogens is 332 g/mol. The van der Waals surface area contributed by atoms with Crippen molar-refractivity contribution in [2.45, 2.75) is 6.42 Å². The van der Waals surface area contributed by atoms with E-state index < -0.39 is 10.9 Å². The predicted octanol–water partition coefficient (Wildman–Crippen LogP) is 2.59. The van der Waals surface area contributed by atoms with E-state index in [1.165, 1.54) is 26.4 Å². The van der Waals surface area contributed by atoms with Gasteiger partial charge in [0.2, 0.25) is 0 Å². The fourth-order valence-electron chi connectivity index (χ4n) is 1.60. The van der Waals surface area contributed by atoms with Crippen LogP contribution < -0.4 is 10.1 Å². The van der Waals surface area contributed by atoms with Gasteiger partial charge in [-0.05, 0) is 12.5 Å². The summed E-state index contributed by atoms with van der Waals surface area (Å²) in [5, 5.41) is 14.9. The molecule has 110 valence electrons. The number of alkyl halides is 1. The second-order valence-electron chi connectivity index (χ2n) is 3.79. The fraction of sp³-hybridized carbons (Fsp3) is 0.417. The van der Waals surface area contributed by atoms with E-state index in [0.717, 1.165) is 11.8 Å². The van der Waals surface area contributed by atoms with Crippen LogP contribution in [0.1, 0.15) is 16.8 Å². The van der Waals surface area contributed by atoms with Gasteiger partial charge in [0.25, 0.3) is 5.69 Å². The minimum atomic E-state index is -0.654. The first-order valence-electron chi connectivity index (χ1n) is 5.79. The summed E-state index contributed by atoms with van der Waals surface area (Å²) in [5.74, 6) is -0.424. The molecule has 0 bridgehead atoms. The fourth-order valence-corrected chi connectivity index (χ4v) is 1.88. The molecule has 1 aromatic rings. The van der Waals surface area contributed by atoms with Gasteiger partial charge in [0, 0.05) is 17.9 Å². The van der Waals surface area contributed by atoms with Crippen LogP contribution in [0.3, 0.4) is 0 Å². The van der Waals surface area contributed by atoms with Crippen LogP contribution in [0.15, 0.2) is 12.1 Å². The Morgan fingerprint density at radius 3 is 2.65 bits per heavy atom. The second kappa shape index (κ2) is 7.68. The standard InChI is InChI=1S/C12H15BrN2O5/c1-19-10-7-8(12(16)20-2)6-9(15(17)18)11(10)14-5-3-4-13/h6-7,14H,3-5H2,1-2H3. The van der Waals surface area contributed by atoms with E-state index in [-0.39, 0.29) is 22.7 Å². The zero-order valence-electron chi connectivity index (χ0n) is 11.1. The molecule has 0 amide bonds. The molecule has 7 nitrogen and oxygen atoms in total. The lowest BCUT2D eigenvalue weighted by molar-refractivity contribution is -0.384. The first-order chi connectivity index (χ1) is 9.54. The third-order valence-electron chi connectivity index (χ3n) is 2.53. The van der Waals surface area contributed by atoms with Crippen molar-refractivity contribution >= 4 is 33.3 Å². The van der Waals surface area contributed by atoms with Gasteiger partial charge in [0.1, 0.15) is 5.75 Å². The van der Waals surface area contributed by atoms with E-state index in [2.05, 4.69) is 26.0 Å². The number of methoxy groups -OCH3 is 2. The molecule has 8 heteroatoms. The lowest BCUT2D eigenvalue weighted by Gasteiger charge is -2.12. The first-order valence-corrected chi connectivity index (χ1v) is 6.91. The largest absolute Gasteiger partial charge is 0.494 e. The number of nitrogens with one attached hydrogen (secondary N) is 1. The third kappa shape index (κ3) is 3.83. The van der Waals surface area contributed by atoms with Gasteiger partial charge in [-0.25, -0.2) is 4.79 Å². The minimum Gasteiger partial charge on any atom is -0.494 e. The van der Waals surface area contributed by atoms with Crippen LogP contribution in [-0.2, 0) is 4.74 Å². The van der Waals surface area contributed by atoms with Crippen LogP contribution in [0, 0.1) is 10.1 Å². The van der Waals surface area contributed by atoms with Crippen LogP contribution in [0.25, 0.3) is 0 Å². The smallest absolute Gasteiger partial charge is 0.338 e. The van der Waals surface area contributed by atoms with Crippen molar-refractivity contribution in [3.05, 3.63) is 27.8 Å². The maximum absolute atomic E-state index is 11.5. The van der Waals surface area contributed by atoms with Gasteiger partial charge in [-0.3, -0.25) is 10.1 Å². The summed E-state index contributed by atoms with van der Waals surface area (Å²) in [5.41, 5.74) is 0.104. The number of halogens is 1. The highest BCUT2D eigenvalue weighted by molar-refractivity contribution is 9.09. The average molecular weight is 347 g/mol. The lowest BCUT2D eigenvalue weighted by Crippen LogP contribution is -2.09. The highest BCUT2D eigenvalue weighted by Crippen LogP contribution is 2.36. The molecule has 0 atom stereocenters. The van der Waals surface area contributed by atoms with E-state index in [0.29, 0.717) is 6.54 Å². The van der Waals surface area contributed by atoms with Crippen molar-refractivity contribution in [1.29, 1.82) is 0 Å². The molecule has 20 heavy (non-hydrogen) atoms. The third-order valence-corrected chi connectivity index (χ3v) is 3.09. The summed E-state index contributed by atoms with van der Waals surface area (Å²) in [6, 6.07) is 2.58. The van der Waals surface area contributed by atoms with Gasteiger partial charge in [0.05, 0.1) is 24.7 Å². The van der Waals surface area contributed by atoms with Crippen LogP contribution in [0.5, 0.6) is 5.75 Å². The van der Waals surface area contributed by atoms with Gasteiger partial charge >= 0.3 is 5.97 Å². The van der Waals surface area contributed by atoms with Crippen molar-refractivity contribution in [3.63, 3.8) is 0 Å². The molecular formula is C12H15BrN2O5.